The highest BCUT2D eigenvalue weighted by atomic mass is 15.3. The van der Waals surface area contributed by atoms with Crippen LogP contribution in [0.3, 0.4) is 0 Å². The highest BCUT2D eigenvalue weighted by Gasteiger charge is 2.36. The number of hydrogen-bond acceptors (Lipinski definition) is 3. The highest BCUT2D eigenvalue weighted by Crippen LogP contribution is 2.25. The van der Waals surface area contributed by atoms with Crippen LogP contribution in [0.25, 0.3) is 0 Å². The molecule has 0 aromatic carbocycles. The van der Waals surface area contributed by atoms with Crippen LogP contribution in [0.4, 0.5) is 0 Å². The molecule has 4 nitrogen and oxygen atoms in total. The minimum Gasteiger partial charge on any atom is -0.308 e. The molecule has 2 heterocycles. The maximum absolute atomic E-state index is 4.42. The average Bonchev–Trinajstić information content (AvgIpc) is 2.97. The van der Waals surface area contributed by atoms with Gasteiger partial charge in [-0.3, -0.25) is 9.58 Å². The van der Waals surface area contributed by atoms with E-state index in [1.54, 1.807) is 0 Å². The Morgan fingerprint density at radius 3 is 2.62 bits per heavy atom. The molecule has 0 bridgehead atoms. The van der Waals surface area contributed by atoms with Crippen molar-refractivity contribution in [2.24, 2.45) is 0 Å². The number of nitrogens with zero attached hydrogens (tertiary/aromatic N) is 3. The molecule has 4 heteroatoms. The first-order valence-electron chi connectivity index (χ1n) is 8.66. The number of aryl methyl sites for hydroxylation is 1. The van der Waals surface area contributed by atoms with Gasteiger partial charge in [0.05, 0.1) is 6.20 Å². The summed E-state index contributed by atoms with van der Waals surface area (Å²) in [6, 6.07) is 0.659. The summed E-state index contributed by atoms with van der Waals surface area (Å²) in [6.07, 6.45) is 9.17. The molecular weight excluding hydrogens is 260 g/mol. The predicted molar refractivity (Wildman–Crippen MR) is 88.3 cm³/mol. The molecule has 0 amide bonds. The fraction of sp³-hybridized carbons (Fsp3) is 0.824. The fourth-order valence-electron chi connectivity index (χ4n) is 3.46. The van der Waals surface area contributed by atoms with Crippen molar-refractivity contribution in [3.63, 3.8) is 0 Å². The van der Waals surface area contributed by atoms with E-state index in [1.165, 1.54) is 31.2 Å². The first-order valence-corrected chi connectivity index (χ1v) is 8.66. The molecule has 0 aliphatic carbocycles. The monoisotopic (exact) mass is 292 g/mol. The van der Waals surface area contributed by atoms with Crippen LogP contribution in [-0.4, -0.2) is 39.4 Å². The topological polar surface area (TPSA) is 33.1 Å². The lowest BCUT2D eigenvalue weighted by Crippen LogP contribution is -2.63. The van der Waals surface area contributed by atoms with Crippen molar-refractivity contribution in [1.29, 1.82) is 0 Å². The van der Waals surface area contributed by atoms with Gasteiger partial charge >= 0.3 is 0 Å². The molecule has 120 valence electrons. The third kappa shape index (κ3) is 3.86. The van der Waals surface area contributed by atoms with E-state index in [1.807, 2.05) is 10.9 Å². The fourth-order valence-corrected chi connectivity index (χ4v) is 3.46. The third-order valence-corrected chi connectivity index (χ3v) is 5.11. The van der Waals surface area contributed by atoms with E-state index >= 15 is 0 Å². The molecule has 1 aromatic rings. The maximum atomic E-state index is 4.42. The van der Waals surface area contributed by atoms with Crippen molar-refractivity contribution in [2.45, 2.75) is 78.0 Å². The van der Waals surface area contributed by atoms with Crippen LogP contribution in [0.15, 0.2) is 12.4 Å². The van der Waals surface area contributed by atoms with E-state index in [4.69, 9.17) is 0 Å². The lowest BCUT2D eigenvalue weighted by Gasteiger charge is -2.47. The Hall–Kier alpha value is -0.870. The van der Waals surface area contributed by atoms with Gasteiger partial charge in [0.25, 0.3) is 0 Å². The standard InChI is InChI=1S/C17H32N4/c1-5-9-16-11-18-17(6-2,7-3)14-20(16)12-15-10-19-21(8-4)13-15/h10,13,16,18H,5-9,11-12,14H2,1-4H3. The number of aromatic nitrogens is 2. The van der Waals surface area contributed by atoms with E-state index in [-0.39, 0.29) is 0 Å². The summed E-state index contributed by atoms with van der Waals surface area (Å²) in [5.74, 6) is 0. The molecule has 1 saturated heterocycles. The Kier molecular flexibility index (Phi) is 5.82. The van der Waals surface area contributed by atoms with Gasteiger partial charge in [0.15, 0.2) is 0 Å². The zero-order chi connectivity index (χ0) is 15.3. The quantitative estimate of drug-likeness (QED) is 0.838. The number of nitrogens with one attached hydrogen (secondary N) is 1. The van der Waals surface area contributed by atoms with E-state index < -0.39 is 0 Å². The summed E-state index contributed by atoms with van der Waals surface area (Å²) >= 11 is 0. The summed E-state index contributed by atoms with van der Waals surface area (Å²) in [6.45, 7) is 13.3. The van der Waals surface area contributed by atoms with Crippen LogP contribution in [-0.2, 0) is 13.1 Å². The summed E-state index contributed by atoms with van der Waals surface area (Å²) in [7, 11) is 0. The van der Waals surface area contributed by atoms with Crippen molar-refractivity contribution in [1.82, 2.24) is 20.0 Å². The van der Waals surface area contributed by atoms with Crippen molar-refractivity contribution in [3.05, 3.63) is 18.0 Å². The Bertz CT molecular complexity index is 422. The summed E-state index contributed by atoms with van der Waals surface area (Å²) in [5.41, 5.74) is 1.64. The Morgan fingerprint density at radius 2 is 2.05 bits per heavy atom. The lowest BCUT2D eigenvalue weighted by atomic mass is 9.87. The molecule has 0 saturated carbocycles. The van der Waals surface area contributed by atoms with Crippen LogP contribution in [0.2, 0.25) is 0 Å². The van der Waals surface area contributed by atoms with Crippen LogP contribution in [0.1, 0.15) is 58.9 Å². The van der Waals surface area contributed by atoms with Crippen molar-refractivity contribution in [3.8, 4) is 0 Å². The normalized spacial score (nSPS) is 22.6. The van der Waals surface area contributed by atoms with Gasteiger partial charge in [0.2, 0.25) is 0 Å². The Labute approximate surface area is 129 Å². The molecule has 0 radical (unpaired) electrons. The molecule has 1 atom stereocenters. The van der Waals surface area contributed by atoms with E-state index in [2.05, 4.69) is 49.2 Å². The SMILES string of the molecule is CCCC1CNC(CC)(CC)CN1Cc1cnn(CC)c1. The highest BCUT2D eigenvalue weighted by molar-refractivity contribution is 5.06. The Morgan fingerprint density at radius 1 is 1.29 bits per heavy atom. The van der Waals surface area contributed by atoms with Crippen LogP contribution in [0, 0.1) is 0 Å². The molecule has 1 aliphatic rings. The molecule has 0 spiro atoms. The molecule has 1 aliphatic heterocycles. The van der Waals surface area contributed by atoms with E-state index in [9.17, 15) is 0 Å². The second-order valence-electron chi connectivity index (χ2n) is 6.42. The van der Waals surface area contributed by atoms with Crippen molar-refractivity contribution < 1.29 is 0 Å². The van der Waals surface area contributed by atoms with Crippen LogP contribution >= 0.6 is 0 Å². The van der Waals surface area contributed by atoms with Crippen molar-refractivity contribution in [2.75, 3.05) is 13.1 Å². The summed E-state index contributed by atoms with van der Waals surface area (Å²) < 4.78 is 2.03. The lowest BCUT2D eigenvalue weighted by molar-refractivity contribution is 0.0616. The second kappa shape index (κ2) is 7.41. The van der Waals surface area contributed by atoms with Crippen LogP contribution < -0.4 is 5.32 Å². The van der Waals surface area contributed by atoms with Gasteiger partial charge in [0.1, 0.15) is 0 Å². The third-order valence-electron chi connectivity index (χ3n) is 5.11. The van der Waals surface area contributed by atoms with Gasteiger partial charge in [-0.05, 0) is 26.2 Å². The molecule has 1 fully saturated rings. The zero-order valence-electron chi connectivity index (χ0n) is 14.2. The summed E-state index contributed by atoms with van der Waals surface area (Å²) in [5, 5.41) is 8.26. The zero-order valence-corrected chi connectivity index (χ0v) is 14.2. The molecule has 2 rings (SSSR count). The molecular formula is C17H32N4. The van der Waals surface area contributed by atoms with Crippen LogP contribution in [0.5, 0.6) is 0 Å². The number of piperazine rings is 1. The molecule has 1 aromatic heterocycles. The van der Waals surface area contributed by atoms with Gasteiger partial charge in [-0.15, -0.1) is 0 Å². The molecule has 1 unspecified atom stereocenters. The van der Waals surface area contributed by atoms with Gasteiger partial charge in [-0.2, -0.15) is 5.10 Å². The second-order valence-corrected chi connectivity index (χ2v) is 6.42. The minimum absolute atomic E-state index is 0.297. The molecule has 1 N–H and O–H groups in total. The summed E-state index contributed by atoms with van der Waals surface area (Å²) in [4.78, 5) is 2.68. The van der Waals surface area contributed by atoms with Crippen molar-refractivity contribution >= 4 is 0 Å². The first-order chi connectivity index (χ1) is 10.2. The van der Waals surface area contributed by atoms with Gasteiger partial charge < -0.3 is 5.32 Å². The smallest absolute Gasteiger partial charge is 0.0534 e. The number of hydrogen-bond donors (Lipinski definition) is 1. The predicted octanol–water partition coefficient (Wildman–Crippen LogP) is 3.04. The van der Waals surface area contributed by atoms with Gasteiger partial charge in [-0.25, -0.2) is 0 Å². The maximum Gasteiger partial charge on any atom is 0.0534 e. The molecule has 21 heavy (non-hydrogen) atoms. The minimum atomic E-state index is 0.297. The average molecular weight is 292 g/mol. The largest absolute Gasteiger partial charge is 0.308 e. The van der Waals surface area contributed by atoms with E-state index in [0.29, 0.717) is 11.6 Å². The first kappa shape index (κ1) is 16.5. The Balaban J connectivity index is 2.09. The van der Waals surface area contributed by atoms with E-state index in [0.717, 1.165) is 26.2 Å². The van der Waals surface area contributed by atoms with Gasteiger partial charge in [-0.1, -0.05) is 27.2 Å². The number of rotatable bonds is 7. The van der Waals surface area contributed by atoms with Gasteiger partial charge in [0, 0.05) is 49.5 Å².